The first-order valence-corrected chi connectivity index (χ1v) is 6.42. The van der Waals surface area contributed by atoms with Crippen LogP contribution in [0.25, 0.3) is 0 Å². The second-order valence-corrected chi connectivity index (χ2v) is 5.39. The highest BCUT2D eigenvalue weighted by molar-refractivity contribution is 6.16. The van der Waals surface area contributed by atoms with Crippen molar-refractivity contribution in [3.63, 3.8) is 0 Å². The molecule has 1 unspecified atom stereocenters. The summed E-state index contributed by atoms with van der Waals surface area (Å²) in [6.45, 7) is 4.89. The molecule has 0 aliphatic heterocycles. The van der Waals surface area contributed by atoms with Crippen LogP contribution in [-0.2, 0) is 16.0 Å². The monoisotopic (exact) mass is 282 g/mol. The van der Waals surface area contributed by atoms with E-state index in [1.807, 2.05) is 0 Å². The number of carbonyl (C=O) groups is 2. The summed E-state index contributed by atoms with van der Waals surface area (Å²) in [7, 11) is 0. The topological polar surface area (TPSA) is 43.4 Å². The summed E-state index contributed by atoms with van der Waals surface area (Å²) in [6, 6.07) is 4.90. The third-order valence-electron chi connectivity index (χ3n) is 3.46. The number of hydrogen-bond donors (Lipinski definition) is 0. The number of hydrogen-bond acceptors (Lipinski definition) is 3. The molecule has 1 aliphatic carbocycles. The van der Waals surface area contributed by atoms with Gasteiger partial charge in [-0.2, -0.15) is 0 Å². The van der Waals surface area contributed by atoms with Gasteiger partial charge >= 0.3 is 5.97 Å². The quantitative estimate of drug-likeness (QED) is 0.632. The number of fused-ring (bicyclic) bond motifs is 1. The van der Waals surface area contributed by atoms with Gasteiger partial charge in [-0.25, -0.2) is 8.78 Å². The predicted octanol–water partition coefficient (Wildman–Crippen LogP) is 2.94. The molecule has 0 heterocycles. The van der Waals surface area contributed by atoms with Crippen LogP contribution in [0.1, 0.15) is 35.3 Å². The fourth-order valence-electron chi connectivity index (χ4n) is 2.43. The Morgan fingerprint density at radius 2 is 2.00 bits per heavy atom. The van der Waals surface area contributed by atoms with E-state index in [9.17, 15) is 18.4 Å². The molecule has 0 spiro atoms. The van der Waals surface area contributed by atoms with Gasteiger partial charge in [0.2, 0.25) is 0 Å². The standard InChI is InChI=1S/C15H16F2O3/c1-8(2)20-14(19)15(13(16)17)7-10-5-4-9(3)6-11(10)12(15)18/h4-6,8,13H,7H2,1-3H3. The first-order valence-electron chi connectivity index (χ1n) is 6.42. The molecule has 0 N–H and O–H groups in total. The molecule has 1 atom stereocenters. The van der Waals surface area contributed by atoms with Crippen LogP contribution in [0.2, 0.25) is 0 Å². The molecular formula is C15H16F2O3. The number of carbonyl (C=O) groups excluding carboxylic acids is 2. The SMILES string of the molecule is Cc1ccc2c(c1)C(=O)C(C(=O)OC(C)C)(C(F)F)C2. The largest absolute Gasteiger partial charge is 0.462 e. The molecule has 1 aliphatic rings. The summed E-state index contributed by atoms with van der Waals surface area (Å²) in [5.41, 5.74) is -0.924. The Balaban J connectivity index is 2.48. The number of ether oxygens (including phenoxy) is 1. The molecule has 1 aromatic rings. The summed E-state index contributed by atoms with van der Waals surface area (Å²) < 4.78 is 31.9. The smallest absolute Gasteiger partial charge is 0.326 e. The lowest BCUT2D eigenvalue weighted by molar-refractivity contribution is -0.164. The maximum Gasteiger partial charge on any atom is 0.326 e. The van der Waals surface area contributed by atoms with Gasteiger partial charge in [0, 0.05) is 12.0 Å². The van der Waals surface area contributed by atoms with Crippen LogP contribution >= 0.6 is 0 Å². The molecule has 1 aromatic carbocycles. The Hall–Kier alpha value is -1.78. The third-order valence-corrected chi connectivity index (χ3v) is 3.46. The molecule has 20 heavy (non-hydrogen) atoms. The summed E-state index contributed by atoms with van der Waals surface area (Å²) in [5.74, 6) is -1.97. The number of Topliss-reactive ketones (excluding diaryl/α,β-unsaturated/α-hetero) is 1. The number of benzene rings is 1. The molecule has 0 radical (unpaired) electrons. The van der Waals surface area contributed by atoms with Crippen molar-refractivity contribution in [2.75, 3.05) is 0 Å². The normalized spacial score (nSPS) is 21.4. The minimum atomic E-state index is -3.09. The van der Waals surface area contributed by atoms with E-state index in [1.54, 1.807) is 39.0 Å². The molecule has 2 rings (SSSR count). The number of esters is 1. The van der Waals surface area contributed by atoms with Crippen molar-refractivity contribution < 1.29 is 23.1 Å². The number of ketones is 1. The maximum atomic E-state index is 13.5. The molecule has 5 heteroatoms. The van der Waals surface area contributed by atoms with E-state index < -0.39 is 29.7 Å². The lowest BCUT2D eigenvalue weighted by atomic mass is 9.84. The second-order valence-electron chi connectivity index (χ2n) is 5.39. The van der Waals surface area contributed by atoms with Crippen LogP contribution in [-0.4, -0.2) is 24.3 Å². The van der Waals surface area contributed by atoms with Gasteiger partial charge in [-0.3, -0.25) is 9.59 Å². The first-order chi connectivity index (χ1) is 9.29. The van der Waals surface area contributed by atoms with Gasteiger partial charge < -0.3 is 4.74 Å². The molecule has 0 aromatic heterocycles. The molecule has 108 valence electrons. The van der Waals surface area contributed by atoms with Crippen LogP contribution in [0, 0.1) is 12.3 Å². The summed E-state index contributed by atoms with van der Waals surface area (Å²) in [5, 5.41) is 0. The van der Waals surface area contributed by atoms with E-state index in [0.717, 1.165) is 5.56 Å². The third kappa shape index (κ3) is 2.11. The van der Waals surface area contributed by atoms with Gasteiger partial charge in [0.1, 0.15) is 0 Å². The zero-order valence-corrected chi connectivity index (χ0v) is 11.6. The highest BCUT2D eigenvalue weighted by Crippen LogP contribution is 2.43. The molecule has 0 saturated heterocycles. The maximum absolute atomic E-state index is 13.5. The Bertz CT molecular complexity index is 566. The van der Waals surface area contributed by atoms with Gasteiger partial charge in [0.25, 0.3) is 6.43 Å². The van der Waals surface area contributed by atoms with Crippen LogP contribution in [0.5, 0.6) is 0 Å². The fourth-order valence-corrected chi connectivity index (χ4v) is 2.43. The molecule has 0 saturated carbocycles. The average molecular weight is 282 g/mol. The van der Waals surface area contributed by atoms with E-state index in [2.05, 4.69) is 0 Å². The van der Waals surface area contributed by atoms with Crippen molar-refractivity contribution in [3.05, 3.63) is 34.9 Å². The van der Waals surface area contributed by atoms with Crippen molar-refractivity contribution >= 4 is 11.8 Å². The van der Waals surface area contributed by atoms with Crippen molar-refractivity contribution in [2.45, 2.75) is 39.7 Å². The molecule has 3 nitrogen and oxygen atoms in total. The molecular weight excluding hydrogens is 266 g/mol. The predicted molar refractivity (Wildman–Crippen MR) is 68.9 cm³/mol. The van der Waals surface area contributed by atoms with Gasteiger partial charge in [-0.1, -0.05) is 17.7 Å². The molecule has 0 amide bonds. The Morgan fingerprint density at radius 3 is 2.55 bits per heavy atom. The minimum Gasteiger partial charge on any atom is -0.462 e. The van der Waals surface area contributed by atoms with E-state index in [-0.39, 0.29) is 12.0 Å². The highest BCUT2D eigenvalue weighted by atomic mass is 19.3. The number of alkyl halides is 2. The number of aryl methyl sites for hydroxylation is 1. The molecule has 0 bridgehead atoms. The Kier molecular flexibility index (Phi) is 3.63. The van der Waals surface area contributed by atoms with E-state index in [0.29, 0.717) is 5.56 Å². The van der Waals surface area contributed by atoms with Gasteiger partial charge in [-0.15, -0.1) is 0 Å². The van der Waals surface area contributed by atoms with Crippen molar-refractivity contribution in [1.82, 2.24) is 0 Å². The van der Waals surface area contributed by atoms with Gasteiger partial charge in [-0.05, 0) is 32.4 Å². The van der Waals surface area contributed by atoms with Gasteiger partial charge in [0.15, 0.2) is 11.2 Å². The average Bonchev–Trinajstić information content (AvgIpc) is 2.63. The Morgan fingerprint density at radius 1 is 1.35 bits per heavy atom. The van der Waals surface area contributed by atoms with E-state index >= 15 is 0 Å². The van der Waals surface area contributed by atoms with Crippen LogP contribution in [0.15, 0.2) is 18.2 Å². The van der Waals surface area contributed by atoms with Gasteiger partial charge in [0.05, 0.1) is 6.10 Å². The lowest BCUT2D eigenvalue weighted by Crippen LogP contribution is -2.45. The van der Waals surface area contributed by atoms with Crippen molar-refractivity contribution in [2.24, 2.45) is 5.41 Å². The van der Waals surface area contributed by atoms with Crippen molar-refractivity contribution in [3.8, 4) is 0 Å². The molecule has 0 fully saturated rings. The highest BCUT2D eigenvalue weighted by Gasteiger charge is 2.59. The second kappa shape index (κ2) is 4.96. The van der Waals surface area contributed by atoms with Crippen molar-refractivity contribution in [1.29, 1.82) is 0 Å². The zero-order chi connectivity index (χ0) is 15.1. The summed E-state index contributed by atoms with van der Waals surface area (Å²) in [4.78, 5) is 24.4. The number of halogens is 2. The lowest BCUT2D eigenvalue weighted by Gasteiger charge is -2.25. The van der Waals surface area contributed by atoms with Crippen LogP contribution < -0.4 is 0 Å². The summed E-state index contributed by atoms with van der Waals surface area (Å²) >= 11 is 0. The first kappa shape index (κ1) is 14.6. The summed E-state index contributed by atoms with van der Waals surface area (Å²) in [6.07, 6.45) is -3.93. The van der Waals surface area contributed by atoms with Crippen LogP contribution in [0.3, 0.4) is 0 Å². The van der Waals surface area contributed by atoms with E-state index in [1.165, 1.54) is 0 Å². The van der Waals surface area contributed by atoms with E-state index in [4.69, 9.17) is 4.74 Å². The zero-order valence-electron chi connectivity index (χ0n) is 11.6. The fraction of sp³-hybridized carbons (Fsp3) is 0.467. The number of rotatable bonds is 3. The minimum absolute atomic E-state index is 0.200. The Labute approximate surface area is 115 Å². The van der Waals surface area contributed by atoms with Crippen LogP contribution in [0.4, 0.5) is 8.78 Å².